The van der Waals surface area contributed by atoms with Crippen molar-refractivity contribution >= 4 is 29.4 Å². The summed E-state index contributed by atoms with van der Waals surface area (Å²) in [6, 6.07) is 5.71. The van der Waals surface area contributed by atoms with E-state index >= 15 is 0 Å². The molecule has 6 nitrogen and oxygen atoms in total. The number of benzene rings is 1. The average Bonchev–Trinajstić information content (AvgIpc) is 2.59. The highest BCUT2D eigenvalue weighted by molar-refractivity contribution is 6.30. The van der Waals surface area contributed by atoms with E-state index in [4.69, 9.17) is 16.7 Å². The Hall–Kier alpha value is -2.08. The Morgan fingerprint density at radius 3 is 2.28 bits per heavy atom. The zero-order chi connectivity index (χ0) is 19.0. The number of carbonyl (C=O) groups is 3. The molecule has 0 aliphatic carbocycles. The Labute approximate surface area is 153 Å². The second kappa shape index (κ2) is 10.0. The van der Waals surface area contributed by atoms with Gasteiger partial charge in [-0.1, -0.05) is 31.9 Å². The van der Waals surface area contributed by atoms with E-state index in [2.05, 4.69) is 5.32 Å². The van der Waals surface area contributed by atoms with Crippen LogP contribution in [-0.4, -0.2) is 46.9 Å². The smallest absolute Gasteiger partial charge is 0.305 e. The predicted molar refractivity (Wildman–Crippen MR) is 96.7 cm³/mol. The summed E-state index contributed by atoms with van der Waals surface area (Å²) in [5.41, 5.74) is 0.416. The number of hydrogen-bond acceptors (Lipinski definition) is 3. The average molecular weight is 369 g/mol. The number of aliphatic carboxylic acids is 1. The summed E-state index contributed by atoms with van der Waals surface area (Å²) >= 11 is 5.83. The maximum atomic E-state index is 12.8. The lowest BCUT2D eigenvalue weighted by Gasteiger charge is -2.29. The van der Waals surface area contributed by atoms with Crippen molar-refractivity contribution in [2.45, 2.75) is 39.7 Å². The van der Waals surface area contributed by atoms with Gasteiger partial charge < -0.3 is 15.3 Å². The van der Waals surface area contributed by atoms with E-state index < -0.39 is 12.0 Å². The Morgan fingerprint density at radius 1 is 1.20 bits per heavy atom. The molecule has 138 valence electrons. The molecular formula is C18H25ClN2O4. The molecule has 0 spiro atoms. The first-order valence-corrected chi connectivity index (χ1v) is 8.74. The van der Waals surface area contributed by atoms with Crippen LogP contribution in [0.15, 0.2) is 24.3 Å². The number of hydrogen-bond donors (Lipinski definition) is 2. The van der Waals surface area contributed by atoms with Gasteiger partial charge in [0.05, 0.1) is 6.42 Å². The second-order valence-electron chi connectivity index (χ2n) is 5.91. The van der Waals surface area contributed by atoms with Crippen LogP contribution in [0.1, 0.15) is 44.0 Å². The quantitative estimate of drug-likeness (QED) is 0.701. The summed E-state index contributed by atoms with van der Waals surface area (Å²) in [4.78, 5) is 37.5. The minimum atomic E-state index is -0.962. The highest BCUT2D eigenvalue weighted by Crippen LogP contribution is 2.14. The lowest BCUT2D eigenvalue weighted by molar-refractivity contribution is -0.139. The summed E-state index contributed by atoms with van der Waals surface area (Å²) in [5, 5.41) is 12.1. The van der Waals surface area contributed by atoms with Crippen LogP contribution in [0.2, 0.25) is 5.02 Å². The predicted octanol–water partition coefficient (Wildman–Crippen LogP) is 2.81. The third kappa shape index (κ3) is 6.38. The maximum absolute atomic E-state index is 12.8. The Kier molecular flexibility index (Phi) is 8.41. The number of nitrogens with one attached hydrogen (secondary N) is 1. The van der Waals surface area contributed by atoms with Crippen LogP contribution < -0.4 is 5.32 Å². The standard InChI is InChI=1S/C18H25ClN2O4/c1-4-12(3)16(18(25)21(5-2)11-10-15(22)23)20-17(24)13-6-8-14(19)9-7-13/h6-9,12,16H,4-5,10-11H2,1-3H3,(H,20,24)(H,22,23). The van der Waals surface area contributed by atoms with Gasteiger partial charge in [-0.25, -0.2) is 0 Å². The summed E-state index contributed by atoms with van der Waals surface area (Å²) in [6.07, 6.45) is 0.575. The summed E-state index contributed by atoms with van der Waals surface area (Å²) in [5.74, 6) is -1.66. The van der Waals surface area contributed by atoms with Gasteiger partial charge >= 0.3 is 5.97 Å². The zero-order valence-corrected chi connectivity index (χ0v) is 15.5. The Morgan fingerprint density at radius 2 is 1.80 bits per heavy atom. The van der Waals surface area contributed by atoms with Crippen LogP contribution >= 0.6 is 11.6 Å². The van der Waals surface area contributed by atoms with Gasteiger partial charge in [0.2, 0.25) is 5.91 Å². The molecule has 1 aromatic carbocycles. The largest absolute Gasteiger partial charge is 0.481 e. The van der Waals surface area contributed by atoms with Crippen molar-refractivity contribution in [2.24, 2.45) is 5.92 Å². The Balaban J connectivity index is 2.91. The molecule has 2 amide bonds. The van der Waals surface area contributed by atoms with Crippen molar-refractivity contribution < 1.29 is 19.5 Å². The van der Waals surface area contributed by atoms with E-state index in [0.717, 1.165) is 0 Å². The van der Waals surface area contributed by atoms with Crippen molar-refractivity contribution in [3.63, 3.8) is 0 Å². The van der Waals surface area contributed by atoms with Gasteiger partial charge in [-0.05, 0) is 37.1 Å². The number of amides is 2. The van der Waals surface area contributed by atoms with E-state index in [1.165, 1.54) is 4.90 Å². The van der Waals surface area contributed by atoms with Gasteiger partial charge in [0.1, 0.15) is 6.04 Å². The molecule has 0 heterocycles. The highest BCUT2D eigenvalue weighted by Gasteiger charge is 2.29. The van der Waals surface area contributed by atoms with E-state index in [9.17, 15) is 14.4 Å². The topological polar surface area (TPSA) is 86.7 Å². The number of rotatable bonds is 9. The molecule has 0 saturated carbocycles. The normalized spacial score (nSPS) is 13.0. The number of carboxylic acids is 1. The SMILES string of the molecule is CCC(C)C(NC(=O)c1ccc(Cl)cc1)C(=O)N(CC)CCC(=O)O. The molecule has 2 atom stereocenters. The molecule has 0 fully saturated rings. The number of carbonyl (C=O) groups excluding carboxylic acids is 2. The summed E-state index contributed by atoms with van der Waals surface area (Å²) < 4.78 is 0. The first-order chi connectivity index (χ1) is 11.8. The van der Waals surface area contributed by atoms with Crippen molar-refractivity contribution in [3.8, 4) is 0 Å². The fraction of sp³-hybridized carbons (Fsp3) is 0.500. The van der Waals surface area contributed by atoms with E-state index in [-0.39, 0.29) is 30.7 Å². The van der Waals surface area contributed by atoms with Crippen LogP contribution in [0.5, 0.6) is 0 Å². The van der Waals surface area contributed by atoms with Gasteiger partial charge in [0.25, 0.3) is 5.91 Å². The molecule has 1 rings (SSSR count). The van der Waals surface area contributed by atoms with Crippen LogP contribution in [0.3, 0.4) is 0 Å². The minimum absolute atomic E-state index is 0.0809. The van der Waals surface area contributed by atoms with Crippen LogP contribution in [0.25, 0.3) is 0 Å². The molecule has 1 aromatic rings. The van der Waals surface area contributed by atoms with Crippen molar-refractivity contribution in [2.75, 3.05) is 13.1 Å². The molecule has 25 heavy (non-hydrogen) atoms. The molecule has 2 unspecified atom stereocenters. The fourth-order valence-corrected chi connectivity index (χ4v) is 2.49. The molecule has 0 aromatic heterocycles. The van der Waals surface area contributed by atoms with Crippen LogP contribution in [-0.2, 0) is 9.59 Å². The lowest BCUT2D eigenvalue weighted by atomic mass is 9.97. The van der Waals surface area contributed by atoms with Gasteiger partial charge in [-0.3, -0.25) is 14.4 Å². The number of nitrogens with zero attached hydrogens (tertiary/aromatic N) is 1. The molecule has 0 aliphatic rings. The number of carboxylic acid groups (broad SMARTS) is 1. The van der Waals surface area contributed by atoms with Crippen molar-refractivity contribution in [1.82, 2.24) is 10.2 Å². The van der Waals surface area contributed by atoms with Gasteiger partial charge in [0, 0.05) is 23.7 Å². The molecule has 0 aliphatic heterocycles. The lowest BCUT2D eigenvalue weighted by Crippen LogP contribution is -2.52. The van der Waals surface area contributed by atoms with Gasteiger partial charge in [-0.15, -0.1) is 0 Å². The zero-order valence-electron chi connectivity index (χ0n) is 14.8. The molecule has 0 radical (unpaired) electrons. The van der Waals surface area contributed by atoms with E-state index in [0.29, 0.717) is 23.6 Å². The Bertz CT molecular complexity index is 604. The minimum Gasteiger partial charge on any atom is -0.481 e. The van der Waals surface area contributed by atoms with Crippen LogP contribution in [0.4, 0.5) is 0 Å². The third-order valence-corrected chi connectivity index (χ3v) is 4.41. The molecular weight excluding hydrogens is 344 g/mol. The summed E-state index contributed by atoms with van der Waals surface area (Å²) in [6.45, 7) is 6.11. The van der Waals surface area contributed by atoms with Crippen molar-refractivity contribution in [1.29, 1.82) is 0 Å². The molecule has 0 saturated heterocycles. The first kappa shape index (κ1) is 21.0. The number of halogens is 1. The third-order valence-electron chi connectivity index (χ3n) is 4.16. The molecule has 2 N–H and O–H groups in total. The maximum Gasteiger partial charge on any atom is 0.305 e. The second-order valence-corrected chi connectivity index (χ2v) is 6.34. The fourth-order valence-electron chi connectivity index (χ4n) is 2.36. The molecule has 0 bridgehead atoms. The van der Waals surface area contributed by atoms with E-state index in [1.54, 1.807) is 31.2 Å². The highest BCUT2D eigenvalue weighted by atomic mass is 35.5. The monoisotopic (exact) mass is 368 g/mol. The van der Waals surface area contributed by atoms with Gasteiger partial charge in [0.15, 0.2) is 0 Å². The molecule has 7 heteroatoms. The van der Waals surface area contributed by atoms with Crippen molar-refractivity contribution in [3.05, 3.63) is 34.9 Å². The van der Waals surface area contributed by atoms with Crippen LogP contribution in [0, 0.1) is 5.92 Å². The van der Waals surface area contributed by atoms with Gasteiger partial charge in [-0.2, -0.15) is 0 Å². The van der Waals surface area contributed by atoms with E-state index in [1.807, 2.05) is 13.8 Å². The first-order valence-electron chi connectivity index (χ1n) is 8.37. The summed E-state index contributed by atoms with van der Waals surface area (Å²) in [7, 11) is 0. The number of likely N-dealkylation sites (N-methyl/N-ethyl adjacent to an activating group) is 1.